The highest BCUT2D eigenvalue weighted by atomic mass is 16.3. The average molecular weight is 326 g/mol. The summed E-state index contributed by atoms with van der Waals surface area (Å²) >= 11 is 0. The van der Waals surface area contributed by atoms with Gasteiger partial charge in [0.15, 0.2) is 5.72 Å². The molecule has 4 N–H and O–H groups in total. The van der Waals surface area contributed by atoms with Gasteiger partial charge in [0.25, 0.3) is 0 Å². The molecule has 4 aliphatic rings. The molecule has 5 unspecified atom stereocenters. The van der Waals surface area contributed by atoms with E-state index in [9.17, 15) is 15.3 Å². The molecular weight excluding hydrogens is 304 g/mol. The average Bonchev–Trinajstić information content (AvgIpc) is 2.93. The molecule has 2 aromatic rings. The van der Waals surface area contributed by atoms with Gasteiger partial charge in [-0.1, -0.05) is 11.6 Å². The van der Waals surface area contributed by atoms with E-state index in [1.165, 1.54) is 5.57 Å². The van der Waals surface area contributed by atoms with Crippen LogP contribution in [0.1, 0.15) is 24.6 Å². The maximum absolute atomic E-state index is 11.6. The van der Waals surface area contributed by atoms with Crippen LogP contribution in [0.3, 0.4) is 0 Å². The van der Waals surface area contributed by atoms with Gasteiger partial charge in [-0.2, -0.15) is 0 Å². The summed E-state index contributed by atoms with van der Waals surface area (Å²) in [5.41, 5.74) is 3.23. The Bertz CT molecular complexity index is 871. The number of hydrogen-bond donors (Lipinski definition) is 4. The Morgan fingerprint density at radius 1 is 1.42 bits per heavy atom. The molecule has 5 atom stereocenters. The Morgan fingerprint density at radius 2 is 2.25 bits per heavy atom. The second-order valence-corrected chi connectivity index (χ2v) is 7.45. The van der Waals surface area contributed by atoms with Crippen molar-refractivity contribution in [3.63, 3.8) is 0 Å². The fourth-order valence-electron chi connectivity index (χ4n) is 5.38. The Balaban J connectivity index is 1.74. The van der Waals surface area contributed by atoms with Gasteiger partial charge in [-0.3, -0.25) is 4.90 Å². The summed E-state index contributed by atoms with van der Waals surface area (Å²) < 4.78 is 0. The van der Waals surface area contributed by atoms with Gasteiger partial charge < -0.3 is 20.3 Å². The molecule has 3 saturated heterocycles. The largest absolute Gasteiger partial charge is 0.508 e. The number of aromatic nitrogens is 1. The number of allylic oxidation sites excluding steroid dienone is 1. The predicted octanol–water partition coefficient (Wildman–Crippen LogP) is 1.83. The summed E-state index contributed by atoms with van der Waals surface area (Å²) in [5, 5.41) is 32.4. The number of nitrogens with one attached hydrogen (secondary N) is 1. The molecule has 126 valence electrons. The molecule has 5 nitrogen and oxygen atoms in total. The van der Waals surface area contributed by atoms with E-state index in [-0.39, 0.29) is 30.2 Å². The van der Waals surface area contributed by atoms with E-state index >= 15 is 0 Å². The van der Waals surface area contributed by atoms with E-state index < -0.39 is 5.72 Å². The van der Waals surface area contributed by atoms with Crippen LogP contribution in [0.25, 0.3) is 10.9 Å². The molecule has 0 radical (unpaired) electrons. The van der Waals surface area contributed by atoms with Gasteiger partial charge in [0.05, 0.1) is 5.69 Å². The van der Waals surface area contributed by atoms with Gasteiger partial charge in [0.2, 0.25) is 0 Å². The molecule has 6 rings (SSSR count). The zero-order chi connectivity index (χ0) is 16.6. The molecule has 0 spiro atoms. The summed E-state index contributed by atoms with van der Waals surface area (Å²) in [6.45, 7) is 2.95. The van der Waals surface area contributed by atoms with E-state index in [1.807, 2.05) is 13.0 Å². The van der Waals surface area contributed by atoms with E-state index in [1.54, 1.807) is 12.1 Å². The molecular formula is C19H22N2O3. The Morgan fingerprint density at radius 3 is 3.00 bits per heavy atom. The first-order valence-corrected chi connectivity index (χ1v) is 8.66. The van der Waals surface area contributed by atoms with Crippen molar-refractivity contribution in [3.8, 4) is 5.75 Å². The number of fused-ring (bicyclic) bond motifs is 4. The lowest BCUT2D eigenvalue weighted by Gasteiger charge is -2.61. The van der Waals surface area contributed by atoms with E-state index in [4.69, 9.17) is 0 Å². The number of H-pyrrole nitrogens is 1. The highest BCUT2D eigenvalue weighted by Gasteiger charge is 2.59. The Kier molecular flexibility index (Phi) is 2.80. The zero-order valence-corrected chi connectivity index (χ0v) is 13.7. The first-order valence-electron chi connectivity index (χ1n) is 8.66. The fraction of sp³-hybridized carbons (Fsp3) is 0.474. The highest BCUT2D eigenvalue weighted by molar-refractivity contribution is 5.86. The van der Waals surface area contributed by atoms with Crippen molar-refractivity contribution in [2.75, 3.05) is 13.2 Å². The number of aliphatic hydroxyl groups excluding tert-OH is 1. The summed E-state index contributed by atoms with van der Waals surface area (Å²) in [7, 11) is 0. The van der Waals surface area contributed by atoms with Gasteiger partial charge >= 0.3 is 0 Å². The number of aliphatic hydroxyl groups is 2. The smallest absolute Gasteiger partial charge is 0.160 e. The highest BCUT2D eigenvalue weighted by Crippen LogP contribution is 2.56. The van der Waals surface area contributed by atoms with Crippen molar-refractivity contribution in [1.29, 1.82) is 0 Å². The van der Waals surface area contributed by atoms with E-state index in [0.29, 0.717) is 6.42 Å². The molecule has 0 saturated carbocycles. The summed E-state index contributed by atoms with van der Waals surface area (Å²) in [6.07, 6.45) is 3.54. The van der Waals surface area contributed by atoms with Crippen LogP contribution in [0.2, 0.25) is 0 Å². The van der Waals surface area contributed by atoms with Crippen molar-refractivity contribution in [3.05, 3.63) is 41.1 Å². The minimum absolute atomic E-state index is 0.135. The van der Waals surface area contributed by atoms with Gasteiger partial charge in [0, 0.05) is 42.4 Å². The maximum atomic E-state index is 11.6. The number of piperidine rings is 3. The maximum Gasteiger partial charge on any atom is 0.160 e. The van der Waals surface area contributed by atoms with E-state index in [0.717, 1.165) is 35.1 Å². The molecule has 4 aliphatic heterocycles. The SMILES string of the molecule is CC=C1CN2C3Cc4c([nH]c5ccc(O)cc45)C2(O)CC1C3CO. The van der Waals surface area contributed by atoms with Crippen LogP contribution >= 0.6 is 0 Å². The lowest BCUT2D eigenvalue weighted by molar-refractivity contribution is -0.221. The van der Waals surface area contributed by atoms with Crippen LogP contribution in [0.15, 0.2) is 29.8 Å². The topological polar surface area (TPSA) is 79.7 Å². The van der Waals surface area contributed by atoms with Crippen molar-refractivity contribution in [2.45, 2.75) is 31.5 Å². The molecule has 5 heteroatoms. The molecule has 1 aromatic heterocycles. The summed E-state index contributed by atoms with van der Waals surface area (Å²) in [4.78, 5) is 5.57. The van der Waals surface area contributed by atoms with Gasteiger partial charge in [-0.25, -0.2) is 0 Å². The number of nitrogens with zero attached hydrogens (tertiary/aromatic N) is 1. The summed E-state index contributed by atoms with van der Waals surface area (Å²) in [6, 6.07) is 5.44. The molecule has 4 bridgehead atoms. The molecule has 3 fully saturated rings. The summed E-state index contributed by atoms with van der Waals surface area (Å²) in [5.74, 6) is 0.623. The molecule has 1 aromatic carbocycles. The van der Waals surface area contributed by atoms with Crippen molar-refractivity contribution in [1.82, 2.24) is 9.88 Å². The third-order valence-electron chi connectivity index (χ3n) is 6.51. The number of hydrogen-bond acceptors (Lipinski definition) is 4. The molecule has 0 amide bonds. The van der Waals surface area contributed by atoms with Crippen LogP contribution in [0.5, 0.6) is 5.75 Å². The lowest BCUT2D eigenvalue weighted by Crippen LogP contribution is -2.69. The van der Waals surface area contributed by atoms with Gasteiger partial charge in [-0.15, -0.1) is 0 Å². The standard InChI is InChI=1S/C19H22N2O3/c1-2-10-8-21-17-6-13-12-5-11(23)3-4-16(12)20-18(13)19(21,24)7-14(10)15(17)9-22/h2-5,14-15,17,20,22-24H,6-9H2,1H3. The number of aromatic amines is 1. The molecule has 24 heavy (non-hydrogen) atoms. The van der Waals surface area contributed by atoms with Gasteiger partial charge in [0.1, 0.15) is 5.75 Å². The van der Waals surface area contributed by atoms with Crippen LogP contribution in [0.4, 0.5) is 0 Å². The van der Waals surface area contributed by atoms with Crippen LogP contribution in [-0.4, -0.2) is 44.4 Å². The number of benzene rings is 1. The third kappa shape index (κ3) is 1.60. The normalized spacial score (nSPS) is 38.7. The minimum Gasteiger partial charge on any atom is -0.508 e. The Hall–Kier alpha value is -1.82. The van der Waals surface area contributed by atoms with Crippen molar-refractivity contribution < 1.29 is 15.3 Å². The lowest BCUT2D eigenvalue weighted by atomic mass is 9.63. The first kappa shape index (κ1) is 14.5. The second kappa shape index (κ2) is 4.63. The second-order valence-electron chi connectivity index (χ2n) is 7.45. The number of phenolic OH excluding ortho intramolecular Hbond substituents is 1. The number of rotatable bonds is 1. The van der Waals surface area contributed by atoms with Crippen LogP contribution in [-0.2, 0) is 12.1 Å². The Labute approximate surface area is 140 Å². The molecule has 5 heterocycles. The zero-order valence-electron chi connectivity index (χ0n) is 13.7. The van der Waals surface area contributed by atoms with E-state index in [2.05, 4.69) is 16.0 Å². The van der Waals surface area contributed by atoms with Crippen molar-refractivity contribution >= 4 is 10.9 Å². The van der Waals surface area contributed by atoms with Gasteiger partial charge in [-0.05, 0) is 43.0 Å². The minimum atomic E-state index is -1.00. The monoisotopic (exact) mass is 326 g/mol. The predicted molar refractivity (Wildman–Crippen MR) is 90.5 cm³/mol. The third-order valence-corrected chi connectivity index (χ3v) is 6.51. The van der Waals surface area contributed by atoms with Crippen LogP contribution < -0.4 is 0 Å². The van der Waals surface area contributed by atoms with Crippen LogP contribution in [0, 0.1) is 11.8 Å². The quantitative estimate of drug-likeness (QED) is 0.603. The number of phenols is 1. The fourth-order valence-corrected chi connectivity index (χ4v) is 5.38. The first-order chi connectivity index (χ1) is 11.6. The molecule has 0 aliphatic carbocycles. The number of aromatic hydroxyl groups is 1. The van der Waals surface area contributed by atoms with Crippen molar-refractivity contribution in [2.24, 2.45) is 11.8 Å².